The van der Waals surface area contributed by atoms with Crippen LogP contribution in [0.1, 0.15) is 21.8 Å². The molecule has 1 N–H and O–H groups in total. The van der Waals surface area contributed by atoms with Crippen LogP contribution < -0.4 is 5.32 Å². The van der Waals surface area contributed by atoms with E-state index in [4.69, 9.17) is 4.42 Å². The van der Waals surface area contributed by atoms with Gasteiger partial charge in [-0.1, -0.05) is 30.3 Å². The largest absolute Gasteiger partial charge is 0.459 e. The van der Waals surface area contributed by atoms with Crippen molar-refractivity contribution in [2.24, 2.45) is 0 Å². The summed E-state index contributed by atoms with van der Waals surface area (Å²) in [5.74, 6) is 1.68. The van der Waals surface area contributed by atoms with Crippen LogP contribution in [0.3, 0.4) is 0 Å². The standard InChI is InChI=1S/C19H16N4O2S/c1-13-7-8-16(25-13)19-20-15(12-26-19)18(24)21-17-9-10-23(22-17)11-14-5-3-2-4-6-14/h2-10,12H,11H2,1H3,(H,21,22,24). The molecule has 0 unspecified atom stereocenters. The number of hydrogen-bond donors (Lipinski definition) is 1. The lowest BCUT2D eigenvalue weighted by Crippen LogP contribution is -2.13. The highest BCUT2D eigenvalue weighted by atomic mass is 32.1. The molecule has 4 aromatic rings. The van der Waals surface area contributed by atoms with Crippen LogP contribution in [-0.2, 0) is 6.54 Å². The zero-order chi connectivity index (χ0) is 17.9. The lowest BCUT2D eigenvalue weighted by atomic mass is 10.2. The SMILES string of the molecule is Cc1ccc(-c2nc(C(=O)Nc3ccn(Cc4ccccc4)n3)cs2)o1. The molecule has 1 amide bonds. The second-order valence-corrected chi connectivity index (χ2v) is 6.64. The zero-order valence-electron chi connectivity index (χ0n) is 14.0. The first-order valence-corrected chi connectivity index (χ1v) is 8.96. The van der Waals surface area contributed by atoms with Crippen LogP contribution in [0.15, 0.2) is 64.5 Å². The van der Waals surface area contributed by atoms with Gasteiger partial charge < -0.3 is 9.73 Å². The smallest absolute Gasteiger partial charge is 0.276 e. The van der Waals surface area contributed by atoms with Crippen LogP contribution in [0.5, 0.6) is 0 Å². The fraction of sp³-hybridized carbons (Fsp3) is 0.105. The summed E-state index contributed by atoms with van der Waals surface area (Å²) in [5.41, 5.74) is 1.49. The van der Waals surface area contributed by atoms with E-state index in [2.05, 4.69) is 15.4 Å². The number of nitrogens with zero attached hydrogens (tertiary/aromatic N) is 3. The molecule has 3 aromatic heterocycles. The Balaban J connectivity index is 1.43. The molecule has 0 fully saturated rings. The zero-order valence-corrected chi connectivity index (χ0v) is 14.9. The first kappa shape index (κ1) is 16.3. The summed E-state index contributed by atoms with van der Waals surface area (Å²) < 4.78 is 7.32. The second-order valence-electron chi connectivity index (χ2n) is 5.79. The molecule has 6 nitrogen and oxygen atoms in total. The van der Waals surface area contributed by atoms with Gasteiger partial charge in [0.2, 0.25) is 0 Å². The predicted molar refractivity (Wildman–Crippen MR) is 100 cm³/mol. The molecule has 0 aliphatic heterocycles. The van der Waals surface area contributed by atoms with E-state index in [1.165, 1.54) is 11.3 Å². The van der Waals surface area contributed by atoms with Gasteiger partial charge in [0, 0.05) is 17.6 Å². The minimum absolute atomic E-state index is 0.291. The number of anilines is 1. The third-order valence-corrected chi connectivity index (χ3v) is 4.61. The molecule has 0 atom stereocenters. The lowest BCUT2D eigenvalue weighted by molar-refractivity contribution is 0.102. The van der Waals surface area contributed by atoms with E-state index in [0.717, 1.165) is 11.3 Å². The maximum absolute atomic E-state index is 12.4. The van der Waals surface area contributed by atoms with E-state index in [0.29, 0.717) is 28.8 Å². The van der Waals surface area contributed by atoms with Gasteiger partial charge >= 0.3 is 0 Å². The Morgan fingerprint density at radius 1 is 1.19 bits per heavy atom. The molecule has 3 heterocycles. The van der Waals surface area contributed by atoms with E-state index in [-0.39, 0.29) is 5.91 Å². The molecule has 0 radical (unpaired) electrons. The number of aryl methyl sites for hydroxylation is 1. The maximum Gasteiger partial charge on any atom is 0.276 e. The average molecular weight is 364 g/mol. The summed E-state index contributed by atoms with van der Waals surface area (Å²) in [4.78, 5) is 16.7. The Labute approximate surface area is 154 Å². The number of hydrogen-bond acceptors (Lipinski definition) is 5. The molecular formula is C19H16N4O2S. The summed E-state index contributed by atoms with van der Waals surface area (Å²) in [6.07, 6.45) is 1.83. The Morgan fingerprint density at radius 2 is 2.04 bits per heavy atom. The van der Waals surface area contributed by atoms with Gasteiger partial charge in [-0.15, -0.1) is 11.3 Å². The maximum atomic E-state index is 12.4. The van der Waals surface area contributed by atoms with Crippen LogP contribution in [0.2, 0.25) is 0 Å². The van der Waals surface area contributed by atoms with Crippen molar-refractivity contribution in [1.82, 2.24) is 14.8 Å². The van der Waals surface area contributed by atoms with E-state index in [9.17, 15) is 4.79 Å². The topological polar surface area (TPSA) is 73.0 Å². The van der Waals surface area contributed by atoms with Gasteiger partial charge in [-0.25, -0.2) is 4.98 Å². The number of nitrogens with one attached hydrogen (secondary N) is 1. The third-order valence-electron chi connectivity index (χ3n) is 3.76. The first-order valence-electron chi connectivity index (χ1n) is 8.08. The third kappa shape index (κ3) is 3.57. The van der Waals surface area contributed by atoms with Crippen molar-refractivity contribution in [3.8, 4) is 10.8 Å². The van der Waals surface area contributed by atoms with Crippen molar-refractivity contribution in [3.63, 3.8) is 0 Å². The van der Waals surface area contributed by atoms with Gasteiger partial charge in [-0.05, 0) is 24.6 Å². The van der Waals surface area contributed by atoms with Crippen molar-refractivity contribution in [1.29, 1.82) is 0 Å². The number of amides is 1. The molecule has 26 heavy (non-hydrogen) atoms. The molecule has 7 heteroatoms. The van der Waals surface area contributed by atoms with Crippen LogP contribution >= 0.6 is 11.3 Å². The quantitative estimate of drug-likeness (QED) is 0.576. The predicted octanol–water partition coefficient (Wildman–Crippen LogP) is 4.21. The monoisotopic (exact) mass is 364 g/mol. The van der Waals surface area contributed by atoms with E-state index < -0.39 is 0 Å². The van der Waals surface area contributed by atoms with Crippen molar-refractivity contribution < 1.29 is 9.21 Å². The average Bonchev–Trinajstić information content (AvgIpc) is 3.37. The minimum atomic E-state index is -0.291. The highest BCUT2D eigenvalue weighted by Gasteiger charge is 2.15. The molecular weight excluding hydrogens is 348 g/mol. The fourth-order valence-corrected chi connectivity index (χ4v) is 3.27. The number of carbonyl (C=O) groups excluding carboxylic acids is 1. The molecule has 0 saturated carbocycles. The highest BCUT2D eigenvalue weighted by Crippen LogP contribution is 2.25. The van der Waals surface area contributed by atoms with Gasteiger partial charge in [-0.2, -0.15) is 5.10 Å². The van der Waals surface area contributed by atoms with Gasteiger partial charge in [-0.3, -0.25) is 9.48 Å². The summed E-state index contributed by atoms with van der Waals surface area (Å²) in [7, 11) is 0. The molecule has 1 aromatic carbocycles. The fourth-order valence-electron chi connectivity index (χ4n) is 2.51. The summed E-state index contributed by atoms with van der Waals surface area (Å²) in [5, 5.41) is 9.55. The molecule has 0 aliphatic carbocycles. The van der Waals surface area contributed by atoms with Gasteiger partial charge in [0.05, 0.1) is 6.54 Å². The molecule has 0 saturated heterocycles. The number of benzene rings is 1. The number of thiazole rings is 1. The Morgan fingerprint density at radius 3 is 2.81 bits per heavy atom. The van der Waals surface area contributed by atoms with Crippen LogP contribution in [0.4, 0.5) is 5.82 Å². The van der Waals surface area contributed by atoms with Gasteiger partial charge in [0.25, 0.3) is 5.91 Å². The van der Waals surface area contributed by atoms with Crippen LogP contribution in [-0.4, -0.2) is 20.7 Å². The number of rotatable bonds is 5. The van der Waals surface area contributed by atoms with Crippen molar-refractivity contribution >= 4 is 23.1 Å². The van der Waals surface area contributed by atoms with Crippen LogP contribution in [0.25, 0.3) is 10.8 Å². The minimum Gasteiger partial charge on any atom is -0.459 e. The summed E-state index contributed by atoms with van der Waals surface area (Å²) in [6.45, 7) is 2.52. The van der Waals surface area contributed by atoms with Crippen LogP contribution in [0, 0.1) is 6.92 Å². The number of furan rings is 1. The second kappa shape index (κ2) is 6.97. The first-order chi connectivity index (χ1) is 12.7. The Bertz CT molecular complexity index is 1030. The normalized spacial score (nSPS) is 10.8. The molecule has 0 bridgehead atoms. The lowest BCUT2D eigenvalue weighted by Gasteiger charge is -2.02. The molecule has 0 aliphatic rings. The summed E-state index contributed by atoms with van der Waals surface area (Å²) >= 11 is 1.37. The van der Waals surface area contributed by atoms with Crippen molar-refractivity contribution in [2.45, 2.75) is 13.5 Å². The van der Waals surface area contributed by atoms with E-state index >= 15 is 0 Å². The molecule has 130 valence electrons. The number of aromatic nitrogens is 3. The highest BCUT2D eigenvalue weighted by molar-refractivity contribution is 7.13. The van der Waals surface area contributed by atoms with Gasteiger partial charge in [0.1, 0.15) is 11.5 Å². The van der Waals surface area contributed by atoms with E-state index in [1.807, 2.05) is 55.6 Å². The molecule has 0 spiro atoms. The Hall–Kier alpha value is -3.19. The van der Waals surface area contributed by atoms with Crippen molar-refractivity contribution in [2.75, 3.05) is 5.32 Å². The Kier molecular flexibility index (Phi) is 4.37. The number of carbonyl (C=O) groups is 1. The molecule has 4 rings (SSSR count). The summed E-state index contributed by atoms with van der Waals surface area (Å²) in [6, 6.07) is 15.5. The van der Waals surface area contributed by atoms with E-state index in [1.54, 1.807) is 16.1 Å². The van der Waals surface area contributed by atoms with Gasteiger partial charge in [0.15, 0.2) is 16.6 Å². The van der Waals surface area contributed by atoms with Crippen molar-refractivity contribution in [3.05, 3.63) is 77.1 Å².